The van der Waals surface area contributed by atoms with Gasteiger partial charge in [-0.3, -0.25) is 4.72 Å². The molecule has 0 atom stereocenters. The van der Waals surface area contributed by atoms with Crippen molar-refractivity contribution < 1.29 is 8.42 Å². The van der Waals surface area contributed by atoms with Crippen LogP contribution in [0.1, 0.15) is 0 Å². The highest BCUT2D eigenvalue weighted by molar-refractivity contribution is 9.10. The predicted molar refractivity (Wildman–Crippen MR) is 84.1 cm³/mol. The molecule has 0 saturated heterocycles. The maximum absolute atomic E-state index is 12.2. The molecule has 2 rings (SSSR count). The third-order valence-corrected chi connectivity index (χ3v) is 5.49. The van der Waals surface area contributed by atoms with Crippen LogP contribution >= 0.6 is 43.5 Å². The minimum Gasteiger partial charge on any atom is -0.278 e. The molecular weight excluding hydrogens is 417 g/mol. The Balaban J connectivity index is 2.40. The van der Waals surface area contributed by atoms with Crippen LogP contribution in [0.4, 0.5) is 5.69 Å². The van der Waals surface area contributed by atoms with E-state index in [1.165, 1.54) is 6.07 Å². The lowest BCUT2D eigenvalue weighted by Gasteiger charge is -2.11. The lowest BCUT2D eigenvalue weighted by atomic mass is 10.3. The van der Waals surface area contributed by atoms with Crippen molar-refractivity contribution in [3.05, 3.63) is 56.4 Å². The van der Waals surface area contributed by atoms with Gasteiger partial charge in [0.25, 0.3) is 10.0 Å². The fourth-order valence-corrected chi connectivity index (χ4v) is 4.30. The van der Waals surface area contributed by atoms with Crippen molar-refractivity contribution in [2.75, 3.05) is 4.72 Å². The van der Waals surface area contributed by atoms with Crippen LogP contribution < -0.4 is 4.72 Å². The van der Waals surface area contributed by atoms with Gasteiger partial charge in [-0.05, 0) is 46.3 Å². The first-order valence-corrected chi connectivity index (χ1v) is 8.57. The Hall–Kier alpha value is -0.560. The SMILES string of the molecule is O=S(=O)(Nc1ccc(Br)cc1Cl)c1ccccc1Br. The van der Waals surface area contributed by atoms with Gasteiger partial charge in [-0.15, -0.1) is 0 Å². The van der Waals surface area contributed by atoms with Crippen molar-refractivity contribution >= 4 is 59.2 Å². The van der Waals surface area contributed by atoms with Crippen molar-refractivity contribution in [2.24, 2.45) is 0 Å². The highest BCUT2D eigenvalue weighted by Crippen LogP contribution is 2.29. The Kier molecular flexibility index (Phi) is 4.55. The van der Waals surface area contributed by atoms with Crippen LogP contribution in [-0.4, -0.2) is 8.42 Å². The van der Waals surface area contributed by atoms with Gasteiger partial charge in [-0.25, -0.2) is 8.42 Å². The van der Waals surface area contributed by atoms with E-state index >= 15 is 0 Å². The number of halogens is 3. The molecule has 0 bridgehead atoms. The van der Waals surface area contributed by atoms with E-state index in [0.717, 1.165) is 4.47 Å². The second kappa shape index (κ2) is 5.83. The maximum Gasteiger partial charge on any atom is 0.263 e. The molecule has 0 aromatic heterocycles. The Morgan fingerprint density at radius 3 is 2.37 bits per heavy atom. The molecule has 19 heavy (non-hydrogen) atoms. The van der Waals surface area contributed by atoms with Crippen molar-refractivity contribution in [1.29, 1.82) is 0 Å². The fourth-order valence-electron chi connectivity index (χ4n) is 1.43. The summed E-state index contributed by atoms with van der Waals surface area (Å²) in [4.78, 5) is 0.161. The number of hydrogen-bond acceptors (Lipinski definition) is 2. The standard InChI is InChI=1S/C12H8Br2ClNO2S/c13-8-5-6-11(10(15)7-8)16-19(17,18)12-4-2-1-3-9(12)14/h1-7,16H. The number of anilines is 1. The highest BCUT2D eigenvalue weighted by Gasteiger charge is 2.18. The van der Waals surface area contributed by atoms with E-state index in [9.17, 15) is 8.42 Å². The van der Waals surface area contributed by atoms with Crippen molar-refractivity contribution in [3.63, 3.8) is 0 Å². The van der Waals surface area contributed by atoms with E-state index < -0.39 is 10.0 Å². The summed E-state index contributed by atoms with van der Waals surface area (Å²) in [5.41, 5.74) is 0.334. The van der Waals surface area contributed by atoms with Gasteiger partial charge in [0.1, 0.15) is 4.90 Å². The Morgan fingerprint density at radius 2 is 1.74 bits per heavy atom. The van der Waals surface area contributed by atoms with Gasteiger partial charge in [-0.2, -0.15) is 0 Å². The summed E-state index contributed by atoms with van der Waals surface area (Å²) >= 11 is 12.5. The van der Waals surface area contributed by atoms with Crippen LogP contribution in [0.25, 0.3) is 0 Å². The summed E-state index contributed by atoms with van der Waals surface area (Å²) in [7, 11) is -3.68. The van der Waals surface area contributed by atoms with E-state index in [2.05, 4.69) is 36.6 Å². The first-order valence-electron chi connectivity index (χ1n) is 5.12. The summed E-state index contributed by atoms with van der Waals surface area (Å²) < 4.78 is 28.2. The summed E-state index contributed by atoms with van der Waals surface area (Å²) in [5.74, 6) is 0. The van der Waals surface area contributed by atoms with Crippen LogP contribution in [0.5, 0.6) is 0 Å². The van der Waals surface area contributed by atoms with E-state index in [0.29, 0.717) is 15.2 Å². The van der Waals surface area contributed by atoms with Crippen molar-refractivity contribution in [2.45, 2.75) is 4.90 Å². The molecule has 1 N–H and O–H groups in total. The molecule has 2 aromatic rings. The molecule has 0 aliphatic heterocycles. The normalized spacial score (nSPS) is 11.3. The van der Waals surface area contributed by atoms with E-state index in [1.54, 1.807) is 36.4 Å². The summed E-state index contributed by atoms with van der Waals surface area (Å²) in [5, 5.41) is 0.324. The van der Waals surface area contributed by atoms with E-state index in [1.807, 2.05) is 0 Å². The number of benzene rings is 2. The Labute approximate surface area is 133 Å². The second-order valence-corrected chi connectivity index (χ2v) is 7.49. The van der Waals surface area contributed by atoms with Gasteiger partial charge in [0.2, 0.25) is 0 Å². The molecule has 0 fully saturated rings. The topological polar surface area (TPSA) is 46.2 Å². The Bertz CT molecular complexity index is 719. The third kappa shape index (κ3) is 3.51. The molecular formula is C12H8Br2ClNO2S. The number of sulfonamides is 1. The molecule has 0 amide bonds. The average molecular weight is 426 g/mol. The van der Waals surface area contributed by atoms with Crippen LogP contribution in [-0.2, 0) is 10.0 Å². The fraction of sp³-hybridized carbons (Fsp3) is 0. The van der Waals surface area contributed by atoms with E-state index in [-0.39, 0.29) is 4.90 Å². The summed E-state index contributed by atoms with van der Waals surface area (Å²) in [6.45, 7) is 0. The average Bonchev–Trinajstić information content (AvgIpc) is 2.33. The molecule has 3 nitrogen and oxygen atoms in total. The van der Waals surface area contributed by atoms with Crippen LogP contribution in [0, 0.1) is 0 Å². The first-order chi connectivity index (χ1) is 8.90. The zero-order valence-electron chi connectivity index (χ0n) is 9.40. The van der Waals surface area contributed by atoms with Gasteiger partial charge in [0.05, 0.1) is 10.7 Å². The van der Waals surface area contributed by atoms with Crippen LogP contribution in [0.2, 0.25) is 5.02 Å². The molecule has 100 valence electrons. The van der Waals surface area contributed by atoms with Crippen molar-refractivity contribution in [3.8, 4) is 0 Å². The lowest BCUT2D eigenvalue weighted by molar-refractivity contribution is 0.601. The zero-order chi connectivity index (χ0) is 14.0. The first kappa shape index (κ1) is 14.8. The van der Waals surface area contributed by atoms with Crippen molar-refractivity contribution in [1.82, 2.24) is 0 Å². The van der Waals surface area contributed by atoms with Gasteiger partial charge in [0, 0.05) is 8.95 Å². The van der Waals surface area contributed by atoms with Crippen LogP contribution in [0.3, 0.4) is 0 Å². The molecule has 0 saturated carbocycles. The molecule has 7 heteroatoms. The van der Waals surface area contributed by atoms with Gasteiger partial charge in [-0.1, -0.05) is 39.7 Å². The molecule has 0 heterocycles. The zero-order valence-corrected chi connectivity index (χ0v) is 14.1. The minimum atomic E-state index is -3.68. The number of hydrogen-bond donors (Lipinski definition) is 1. The Morgan fingerprint density at radius 1 is 1.05 bits per heavy atom. The van der Waals surface area contributed by atoms with Gasteiger partial charge in [0.15, 0.2) is 0 Å². The molecule has 0 aliphatic rings. The summed E-state index contributed by atoms with van der Waals surface area (Å²) in [6, 6.07) is 11.5. The largest absolute Gasteiger partial charge is 0.278 e. The van der Waals surface area contributed by atoms with Gasteiger partial charge < -0.3 is 0 Å². The summed E-state index contributed by atoms with van der Waals surface area (Å²) in [6.07, 6.45) is 0. The minimum absolute atomic E-state index is 0.161. The second-order valence-electron chi connectivity index (χ2n) is 3.66. The molecule has 0 unspecified atom stereocenters. The van der Waals surface area contributed by atoms with Gasteiger partial charge >= 0.3 is 0 Å². The quantitative estimate of drug-likeness (QED) is 0.777. The smallest absolute Gasteiger partial charge is 0.263 e. The molecule has 0 spiro atoms. The lowest BCUT2D eigenvalue weighted by Crippen LogP contribution is -2.13. The predicted octanol–water partition coefficient (Wildman–Crippen LogP) is 4.67. The van der Waals surface area contributed by atoms with E-state index in [4.69, 9.17) is 11.6 Å². The maximum atomic E-state index is 12.2. The highest BCUT2D eigenvalue weighted by atomic mass is 79.9. The molecule has 2 aromatic carbocycles. The number of rotatable bonds is 3. The monoisotopic (exact) mass is 423 g/mol. The molecule has 0 radical (unpaired) electrons. The number of nitrogens with one attached hydrogen (secondary N) is 1. The third-order valence-electron chi connectivity index (χ3n) is 2.30. The molecule has 0 aliphatic carbocycles. The van der Waals surface area contributed by atoms with Crippen LogP contribution in [0.15, 0.2) is 56.3 Å².